The van der Waals surface area contributed by atoms with Gasteiger partial charge >= 0.3 is 0 Å². The molecule has 4 rings (SSSR count). The van der Waals surface area contributed by atoms with Crippen LogP contribution in [0.4, 0.5) is 0 Å². The number of nitrogens with zero attached hydrogens (tertiary/aromatic N) is 2. The Kier molecular flexibility index (Phi) is 9.62. The summed E-state index contributed by atoms with van der Waals surface area (Å²) >= 11 is 12.7. The Morgan fingerprint density at radius 1 is 0.973 bits per heavy atom. The van der Waals surface area contributed by atoms with E-state index in [0.29, 0.717) is 28.7 Å². The highest BCUT2D eigenvalue weighted by Crippen LogP contribution is 2.34. The number of pyridine rings is 1. The van der Waals surface area contributed by atoms with Gasteiger partial charge in [-0.1, -0.05) is 29.3 Å². The monoisotopic (exact) mass is 536 g/mol. The molecule has 0 unspecified atom stereocenters. The number of unbranched alkanes of at least 4 members (excludes halogenated alkanes) is 1. The van der Waals surface area contributed by atoms with Crippen molar-refractivity contribution in [2.45, 2.75) is 39.5 Å². The van der Waals surface area contributed by atoms with Crippen molar-refractivity contribution in [3.8, 4) is 11.3 Å². The first kappa shape index (κ1) is 27.2. The van der Waals surface area contributed by atoms with E-state index in [0.717, 1.165) is 66.5 Å². The lowest BCUT2D eigenvalue weighted by Gasteiger charge is -2.18. The number of fused-ring (bicyclic) bond motifs is 1. The molecule has 194 valence electrons. The Morgan fingerprint density at radius 2 is 1.76 bits per heavy atom. The zero-order chi connectivity index (χ0) is 26.2. The van der Waals surface area contributed by atoms with Gasteiger partial charge in [0.2, 0.25) is 0 Å². The number of rotatable bonds is 12. The minimum Gasteiger partial charge on any atom is -0.354 e. The number of benzene rings is 2. The zero-order valence-electron chi connectivity index (χ0n) is 21.5. The average molecular weight is 538 g/mol. The molecule has 0 fully saturated rings. The molecule has 5 nitrogen and oxygen atoms in total. The first-order valence-electron chi connectivity index (χ1n) is 13.0. The summed E-state index contributed by atoms with van der Waals surface area (Å²) in [5, 5.41) is 5.84. The van der Waals surface area contributed by atoms with Crippen molar-refractivity contribution >= 4 is 40.0 Å². The third-order valence-electron chi connectivity index (χ3n) is 6.70. The van der Waals surface area contributed by atoms with Crippen molar-refractivity contribution < 1.29 is 4.79 Å². The normalized spacial score (nSPS) is 11.2. The number of aryl methyl sites for hydroxylation is 1. The van der Waals surface area contributed by atoms with Crippen molar-refractivity contribution in [1.29, 1.82) is 0 Å². The van der Waals surface area contributed by atoms with Gasteiger partial charge in [-0.25, -0.2) is 0 Å². The Hall–Kier alpha value is -2.86. The van der Waals surface area contributed by atoms with Crippen LogP contribution >= 0.6 is 23.2 Å². The maximum atomic E-state index is 13.1. The van der Waals surface area contributed by atoms with Crippen LogP contribution in [0.3, 0.4) is 0 Å². The molecule has 37 heavy (non-hydrogen) atoms. The van der Waals surface area contributed by atoms with E-state index in [-0.39, 0.29) is 5.91 Å². The molecule has 2 aromatic heterocycles. The lowest BCUT2D eigenvalue weighted by Crippen LogP contribution is -2.30. The summed E-state index contributed by atoms with van der Waals surface area (Å²) in [5.41, 5.74) is 6.07. The number of aromatic amines is 1. The standard InChI is InChI=1S/C30H34Cl2N4O/c1-3-36(4-2)30(37)22-10-11-28-27(18-22)26(29(35-28)23-16-24(31)19-25(32)17-23)12-15-33-13-6-5-8-21-9-7-14-34-20-21/h7,9-11,14,16-20,33,35H,3-6,8,12-13,15H2,1-2H3. The number of carbonyl (C=O) groups excluding carboxylic acids is 1. The molecule has 0 saturated carbocycles. The van der Waals surface area contributed by atoms with Crippen LogP contribution in [0.15, 0.2) is 60.9 Å². The smallest absolute Gasteiger partial charge is 0.253 e. The summed E-state index contributed by atoms with van der Waals surface area (Å²) < 4.78 is 0. The van der Waals surface area contributed by atoms with Crippen LogP contribution in [0.2, 0.25) is 10.0 Å². The Balaban J connectivity index is 1.52. The van der Waals surface area contributed by atoms with E-state index in [1.165, 1.54) is 5.56 Å². The van der Waals surface area contributed by atoms with Gasteiger partial charge < -0.3 is 15.2 Å². The molecule has 0 radical (unpaired) electrons. The van der Waals surface area contributed by atoms with Crippen molar-refractivity contribution in [2.75, 3.05) is 26.2 Å². The molecule has 0 spiro atoms. The molecular weight excluding hydrogens is 503 g/mol. The number of hydrogen-bond acceptors (Lipinski definition) is 3. The maximum Gasteiger partial charge on any atom is 0.253 e. The fraction of sp³-hybridized carbons (Fsp3) is 0.333. The van der Waals surface area contributed by atoms with Crippen molar-refractivity contribution in [3.05, 3.63) is 87.7 Å². The second kappa shape index (κ2) is 13.1. The highest BCUT2D eigenvalue weighted by molar-refractivity contribution is 6.35. The molecule has 0 aliphatic heterocycles. The third-order valence-corrected chi connectivity index (χ3v) is 7.13. The van der Waals surface area contributed by atoms with Gasteiger partial charge in [-0.15, -0.1) is 0 Å². The van der Waals surface area contributed by atoms with Gasteiger partial charge in [-0.05, 0) is 106 Å². The molecule has 0 aliphatic carbocycles. The quantitative estimate of drug-likeness (QED) is 0.188. The second-order valence-corrected chi connectivity index (χ2v) is 10.1. The number of H-pyrrole nitrogens is 1. The first-order chi connectivity index (χ1) is 18.0. The molecule has 4 aromatic rings. The number of hydrogen-bond donors (Lipinski definition) is 2. The van der Waals surface area contributed by atoms with Crippen molar-refractivity contribution in [3.63, 3.8) is 0 Å². The van der Waals surface area contributed by atoms with Crippen molar-refractivity contribution in [1.82, 2.24) is 20.2 Å². The number of nitrogens with one attached hydrogen (secondary N) is 2. The molecule has 2 N–H and O–H groups in total. The van der Waals surface area contributed by atoms with Crippen LogP contribution in [-0.2, 0) is 12.8 Å². The minimum atomic E-state index is 0.0538. The largest absolute Gasteiger partial charge is 0.354 e. The highest BCUT2D eigenvalue weighted by atomic mass is 35.5. The summed E-state index contributed by atoms with van der Waals surface area (Å²) in [6.45, 7) is 7.16. The topological polar surface area (TPSA) is 61.0 Å². The van der Waals surface area contributed by atoms with Gasteiger partial charge in [0.15, 0.2) is 0 Å². The Morgan fingerprint density at radius 3 is 2.46 bits per heavy atom. The molecule has 0 atom stereocenters. The number of halogens is 2. The Labute approximate surface area is 229 Å². The summed E-state index contributed by atoms with van der Waals surface area (Å²) in [5.74, 6) is 0.0538. The molecule has 0 bridgehead atoms. The molecule has 2 aromatic carbocycles. The number of carbonyl (C=O) groups is 1. The van der Waals surface area contributed by atoms with Crippen LogP contribution < -0.4 is 5.32 Å². The molecule has 0 saturated heterocycles. The van der Waals surface area contributed by atoms with E-state index in [2.05, 4.69) is 21.4 Å². The number of aromatic nitrogens is 2. The fourth-order valence-corrected chi connectivity index (χ4v) is 5.27. The van der Waals surface area contributed by atoms with E-state index in [9.17, 15) is 4.79 Å². The predicted octanol–water partition coefficient (Wildman–Crippen LogP) is 7.17. The van der Waals surface area contributed by atoms with E-state index in [1.54, 1.807) is 6.07 Å². The lowest BCUT2D eigenvalue weighted by molar-refractivity contribution is 0.0773. The molecule has 1 amide bonds. The van der Waals surface area contributed by atoms with E-state index in [1.807, 2.05) is 67.5 Å². The summed E-state index contributed by atoms with van der Waals surface area (Å²) in [6.07, 6.45) is 7.82. The van der Waals surface area contributed by atoms with E-state index >= 15 is 0 Å². The lowest BCUT2D eigenvalue weighted by atomic mass is 10.0. The van der Waals surface area contributed by atoms with Crippen molar-refractivity contribution in [2.24, 2.45) is 0 Å². The SMILES string of the molecule is CCN(CC)C(=O)c1ccc2[nH]c(-c3cc(Cl)cc(Cl)c3)c(CCNCCCCc3cccnc3)c2c1. The van der Waals surface area contributed by atoms with Crippen LogP contribution in [-0.4, -0.2) is 47.0 Å². The molecule has 2 heterocycles. The maximum absolute atomic E-state index is 13.1. The van der Waals surface area contributed by atoms with Gasteiger partial charge in [0, 0.05) is 63.3 Å². The van der Waals surface area contributed by atoms with E-state index in [4.69, 9.17) is 23.2 Å². The van der Waals surface area contributed by atoms with Gasteiger partial charge in [0.25, 0.3) is 5.91 Å². The number of amides is 1. The van der Waals surface area contributed by atoms with Gasteiger partial charge in [-0.3, -0.25) is 9.78 Å². The van der Waals surface area contributed by atoms with E-state index < -0.39 is 0 Å². The predicted molar refractivity (Wildman–Crippen MR) is 155 cm³/mol. The third kappa shape index (κ3) is 6.92. The molecule has 7 heteroatoms. The minimum absolute atomic E-state index is 0.0538. The van der Waals surface area contributed by atoms with Gasteiger partial charge in [0.1, 0.15) is 0 Å². The summed E-state index contributed by atoms with van der Waals surface area (Å²) in [6, 6.07) is 15.6. The van der Waals surface area contributed by atoms with Crippen LogP contribution in [0.25, 0.3) is 22.2 Å². The molecular formula is C30H34Cl2N4O. The highest BCUT2D eigenvalue weighted by Gasteiger charge is 2.18. The van der Waals surface area contributed by atoms with Gasteiger partial charge in [0.05, 0.1) is 0 Å². The fourth-order valence-electron chi connectivity index (χ4n) is 4.74. The second-order valence-electron chi connectivity index (χ2n) is 9.19. The van der Waals surface area contributed by atoms with Gasteiger partial charge in [-0.2, -0.15) is 0 Å². The van der Waals surface area contributed by atoms with Crippen LogP contribution in [0.1, 0.15) is 48.2 Å². The van der Waals surface area contributed by atoms with Crippen LogP contribution in [0.5, 0.6) is 0 Å². The molecule has 0 aliphatic rings. The average Bonchev–Trinajstić information content (AvgIpc) is 3.26. The first-order valence-corrected chi connectivity index (χ1v) is 13.8. The Bertz CT molecular complexity index is 1310. The summed E-state index contributed by atoms with van der Waals surface area (Å²) in [4.78, 5) is 22.7. The zero-order valence-corrected chi connectivity index (χ0v) is 23.0. The summed E-state index contributed by atoms with van der Waals surface area (Å²) in [7, 11) is 0. The van der Waals surface area contributed by atoms with Crippen LogP contribution in [0, 0.1) is 0 Å².